The first-order valence-corrected chi connectivity index (χ1v) is 6.88. The molecule has 0 saturated heterocycles. The lowest BCUT2D eigenvalue weighted by atomic mass is 10.0. The fraction of sp³-hybridized carbons (Fsp3) is 0.111. The van der Waals surface area contributed by atoms with E-state index in [0.717, 1.165) is 6.29 Å². The third-order valence-electron chi connectivity index (χ3n) is 3.16. The number of aldehydes is 1. The minimum Gasteiger partial charge on any atom is -0.503 e. The number of carbonyl (C=O) groups excluding carboxylic acids is 1. The maximum atomic E-state index is 11.4. The van der Waals surface area contributed by atoms with Crippen molar-refractivity contribution < 1.29 is 24.2 Å². The summed E-state index contributed by atoms with van der Waals surface area (Å²) >= 11 is 0. The quantitative estimate of drug-likeness (QED) is 0.483. The van der Waals surface area contributed by atoms with Gasteiger partial charge in [-0.3, -0.25) is 4.79 Å². The van der Waals surface area contributed by atoms with Gasteiger partial charge in [0.15, 0.2) is 0 Å². The molecular weight excluding hydrogens is 296 g/mol. The predicted octanol–water partition coefficient (Wildman–Crippen LogP) is 3.15. The molecule has 0 amide bonds. The Hall–Kier alpha value is -3.08. The van der Waals surface area contributed by atoms with Gasteiger partial charge in [0.25, 0.3) is 0 Å². The summed E-state index contributed by atoms with van der Waals surface area (Å²) in [6.07, 6.45) is 1.93. The molecule has 0 fully saturated rings. The summed E-state index contributed by atoms with van der Waals surface area (Å²) in [4.78, 5) is 22.2. The number of carboxylic acid groups (broad SMARTS) is 1. The Morgan fingerprint density at radius 2 is 1.96 bits per heavy atom. The molecule has 0 spiro atoms. The standard InChI is InChI=1S/C18H16O5/c1-22-12-17(18(20)21)16-8-3-2-6-14(16)11-23-15-7-4-5-13(9-15)10-19/h2-10,12H,11H2,1H3,(H,20,21). The number of hydrogen-bond donors (Lipinski definition) is 1. The van der Waals surface area contributed by atoms with Gasteiger partial charge >= 0.3 is 5.97 Å². The molecule has 5 nitrogen and oxygen atoms in total. The number of methoxy groups -OCH3 is 1. The van der Waals surface area contributed by atoms with E-state index in [-0.39, 0.29) is 12.2 Å². The van der Waals surface area contributed by atoms with Gasteiger partial charge in [-0.2, -0.15) is 0 Å². The number of rotatable bonds is 7. The first-order valence-electron chi connectivity index (χ1n) is 6.88. The third kappa shape index (κ3) is 4.20. The van der Waals surface area contributed by atoms with Crippen molar-refractivity contribution in [3.8, 4) is 5.75 Å². The van der Waals surface area contributed by atoms with E-state index in [9.17, 15) is 14.7 Å². The molecule has 1 N–H and O–H groups in total. The van der Waals surface area contributed by atoms with Crippen molar-refractivity contribution >= 4 is 17.8 Å². The van der Waals surface area contributed by atoms with Crippen LogP contribution in [-0.4, -0.2) is 24.5 Å². The van der Waals surface area contributed by atoms with Gasteiger partial charge in [-0.15, -0.1) is 0 Å². The highest BCUT2D eigenvalue weighted by Gasteiger charge is 2.15. The summed E-state index contributed by atoms with van der Waals surface area (Å²) in [5.74, 6) is -0.542. The highest BCUT2D eigenvalue weighted by Crippen LogP contribution is 2.22. The average molecular weight is 312 g/mol. The normalized spacial score (nSPS) is 10.9. The van der Waals surface area contributed by atoms with Crippen LogP contribution in [0.15, 0.2) is 54.8 Å². The second-order valence-corrected chi connectivity index (χ2v) is 4.71. The zero-order valence-corrected chi connectivity index (χ0v) is 12.6. The van der Waals surface area contributed by atoms with E-state index in [0.29, 0.717) is 22.4 Å². The molecule has 118 valence electrons. The predicted molar refractivity (Wildman–Crippen MR) is 85.2 cm³/mol. The highest BCUT2D eigenvalue weighted by molar-refractivity contribution is 6.15. The van der Waals surface area contributed by atoms with Gasteiger partial charge in [0, 0.05) is 5.56 Å². The Kier molecular flexibility index (Phi) is 5.52. The van der Waals surface area contributed by atoms with Crippen LogP contribution in [-0.2, 0) is 16.1 Å². The van der Waals surface area contributed by atoms with Gasteiger partial charge in [-0.05, 0) is 23.3 Å². The second kappa shape index (κ2) is 7.79. The van der Waals surface area contributed by atoms with Crippen molar-refractivity contribution in [2.24, 2.45) is 0 Å². The summed E-state index contributed by atoms with van der Waals surface area (Å²) in [7, 11) is 1.40. The zero-order valence-electron chi connectivity index (χ0n) is 12.6. The van der Waals surface area contributed by atoms with Crippen molar-refractivity contribution in [2.45, 2.75) is 6.61 Å². The topological polar surface area (TPSA) is 72.8 Å². The van der Waals surface area contributed by atoms with Gasteiger partial charge in [0.1, 0.15) is 24.2 Å². The summed E-state index contributed by atoms with van der Waals surface area (Å²) in [6, 6.07) is 13.8. The van der Waals surface area contributed by atoms with Crippen LogP contribution in [0.1, 0.15) is 21.5 Å². The Morgan fingerprint density at radius 1 is 1.17 bits per heavy atom. The van der Waals surface area contributed by atoms with Crippen molar-refractivity contribution in [3.63, 3.8) is 0 Å². The van der Waals surface area contributed by atoms with Gasteiger partial charge in [0.2, 0.25) is 0 Å². The summed E-state index contributed by atoms with van der Waals surface area (Å²) in [5, 5.41) is 9.31. The number of carboxylic acids is 1. The molecule has 0 unspecified atom stereocenters. The van der Waals surface area contributed by atoms with Crippen LogP contribution in [0.2, 0.25) is 0 Å². The van der Waals surface area contributed by atoms with Gasteiger partial charge in [-0.25, -0.2) is 4.79 Å². The molecule has 2 rings (SSSR count). The minimum absolute atomic E-state index is 0.0494. The largest absolute Gasteiger partial charge is 0.503 e. The smallest absolute Gasteiger partial charge is 0.339 e. The van der Waals surface area contributed by atoms with Gasteiger partial charge < -0.3 is 14.6 Å². The third-order valence-corrected chi connectivity index (χ3v) is 3.16. The Bertz CT molecular complexity index is 734. The van der Waals surface area contributed by atoms with Crippen LogP contribution in [0.25, 0.3) is 5.57 Å². The van der Waals surface area contributed by atoms with Crippen LogP contribution in [0.5, 0.6) is 5.75 Å². The number of benzene rings is 2. The van der Waals surface area contributed by atoms with Crippen molar-refractivity contribution in [3.05, 3.63) is 71.5 Å². The summed E-state index contributed by atoms with van der Waals surface area (Å²) < 4.78 is 10.5. The van der Waals surface area contributed by atoms with Crippen LogP contribution in [0, 0.1) is 0 Å². The van der Waals surface area contributed by atoms with Crippen molar-refractivity contribution in [1.82, 2.24) is 0 Å². The summed E-state index contributed by atoms with van der Waals surface area (Å²) in [5.41, 5.74) is 1.79. The molecule has 0 radical (unpaired) electrons. The Morgan fingerprint density at radius 3 is 2.65 bits per heavy atom. The molecule has 0 heterocycles. The van der Waals surface area contributed by atoms with Crippen LogP contribution < -0.4 is 4.74 Å². The molecule has 23 heavy (non-hydrogen) atoms. The first kappa shape index (κ1) is 16.3. The molecule has 2 aromatic carbocycles. The monoisotopic (exact) mass is 312 g/mol. The highest BCUT2D eigenvalue weighted by atomic mass is 16.5. The second-order valence-electron chi connectivity index (χ2n) is 4.71. The zero-order chi connectivity index (χ0) is 16.7. The maximum absolute atomic E-state index is 11.4. The fourth-order valence-electron chi connectivity index (χ4n) is 2.09. The first-order chi connectivity index (χ1) is 11.2. The van der Waals surface area contributed by atoms with Crippen LogP contribution in [0.4, 0.5) is 0 Å². The van der Waals surface area contributed by atoms with Crippen molar-refractivity contribution in [2.75, 3.05) is 7.11 Å². The fourth-order valence-corrected chi connectivity index (χ4v) is 2.09. The number of carbonyl (C=O) groups is 2. The number of hydrogen-bond acceptors (Lipinski definition) is 4. The van der Waals surface area contributed by atoms with E-state index >= 15 is 0 Å². The number of aliphatic carboxylic acids is 1. The molecule has 0 aromatic heterocycles. The Labute approximate surface area is 133 Å². The molecule has 0 aliphatic heterocycles. The van der Waals surface area contributed by atoms with Gasteiger partial charge in [-0.1, -0.05) is 36.4 Å². The molecule has 5 heteroatoms. The van der Waals surface area contributed by atoms with E-state index in [1.807, 2.05) is 0 Å². The molecule has 0 atom stereocenters. The van der Waals surface area contributed by atoms with E-state index < -0.39 is 5.97 Å². The van der Waals surface area contributed by atoms with Crippen molar-refractivity contribution in [1.29, 1.82) is 0 Å². The number of ether oxygens (including phenoxy) is 2. The molecule has 0 aliphatic rings. The maximum Gasteiger partial charge on any atom is 0.339 e. The SMILES string of the molecule is COC=C(C(=O)O)c1ccccc1COc1cccc(C=O)c1. The lowest BCUT2D eigenvalue weighted by Gasteiger charge is -2.12. The molecule has 0 bridgehead atoms. The van der Waals surface area contributed by atoms with E-state index in [4.69, 9.17) is 9.47 Å². The van der Waals surface area contributed by atoms with Crippen LogP contribution >= 0.6 is 0 Å². The van der Waals surface area contributed by atoms with Gasteiger partial charge in [0.05, 0.1) is 13.4 Å². The lowest BCUT2D eigenvalue weighted by molar-refractivity contribution is -0.130. The average Bonchev–Trinajstić information content (AvgIpc) is 2.58. The van der Waals surface area contributed by atoms with Crippen LogP contribution in [0.3, 0.4) is 0 Å². The minimum atomic E-state index is -1.08. The molecule has 0 saturated carbocycles. The van der Waals surface area contributed by atoms with E-state index in [1.54, 1.807) is 48.5 Å². The molecular formula is C18H16O5. The molecule has 2 aromatic rings. The Balaban J connectivity index is 2.25. The molecule has 0 aliphatic carbocycles. The lowest BCUT2D eigenvalue weighted by Crippen LogP contribution is -2.06. The summed E-state index contributed by atoms with van der Waals surface area (Å²) in [6.45, 7) is 0.173. The van der Waals surface area contributed by atoms with E-state index in [1.165, 1.54) is 13.4 Å². The van der Waals surface area contributed by atoms with E-state index in [2.05, 4.69) is 0 Å².